The lowest BCUT2D eigenvalue weighted by Crippen LogP contribution is -2.57. The summed E-state index contributed by atoms with van der Waals surface area (Å²) in [7, 11) is 0. The van der Waals surface area contributed by atoms with Crippen LogP contribution in [0.4, 0.5) is 17.6 Å². The van der Waals surface area contributed by atoms with Crippen LogP contribution in [-0.4, -0.2) is 18.8 Å². The van der Waals surface area contributed by atoms with Gasteiger partial charge in [-0.25, -0.2) is 4.39 Å². The maximum absolute atomic E-state index is 13.5. The molecule has 2 nitrogen and oxygen atoms in total. The predicted molar refractivity (Wildman–Crippen MR) is 57.5 cm³/mol. The summed E-state index contributed by atoms with van der Waals surface area (Å²) in [4.78, 5) is 0. The van der Waals surface area contributed by atoms with Crippen LogP contribution in [0.25, 0.3) is 0 Å². The van der Waals surface area contributed by atoms with E-state index in [1.54, 1.807) is 0 Å². The summed E-state index contributed by atoms with van der Waals surface area (Å²) in [6.45, 7) is 3.15. The molecule has 18 heavy (non-hydrogen) atoms. The molecule has 0 aromatic heterocycles. The zero-order valence-corrected chi connectivity index (χ0v) is 9.77. The third kappa shape index (κ3) is 2.81. The molecule has 100 valence electrons. The van der Waals surface area contributed by atoms with Gasteiger partial charge in [-0.05, 0) is 19.1 Å². The number of rotatable bonds is 3. The van der Waals surface area contributed by atoms with Crippen LogP contribution in [0, 0.1) is 5.82 Å². The van der Waals surface area contributed by atoms with Gasteiger partial charge in [-0.1, -0.05) is 6.07 Å². The molecule has 1 saturated heterocycles. The molecule has 1 N–H and O–H groups in total. The molecule has 0 atom stereocenters. The highest BCUT2D eigenvalue weighted by Gasteiger charge is 2.33. The molecular formula is C12H13F4NO. The monoisotopic (exact) mass is 263 g/mol. The Morgan fingerprint density at radius 3 is 2.44 bits per heavy atom. The summed E-state index contributed by atoms with van der Waals surface area (Å²) >= 11 is 0. The van der Waals surface area contributed by atoms with Crippen LogP contribution in [-0.2, 0) is 17.5 Å². The quantitative estimate of drug-likeness (QED) is 0.847. The van der Waals surface area contributed by atoms with E-state index in [2.05, 4.69) is 5.32 Å². The lowest BCUT2D eigenvalue weighted by Gasteiger charge is -2.39. The molecule has 1 aliphatic rings. The summed E-state index contributed by atoms with van der Waals surface area (Å²) in [6.07, 6.45) is -4.51. The van der Waals surface area contributed by atoms with Crippen molar-refractivity contribution in [3.05, 3.63) is 35.1 Å². The van der Waals surface area contributed by atoms with Crippen molar-refractivity contribution in [3.8, 4) is 0 Å². The van der Waals surface area contributed by atoms with Gasteiger partial charge in [0.15, 0.2) is 0 Å². The van der Waals surface area contributed by atoms with Crippen LogP contribution in [0.5, 0.6) is 0 Å². The second-order valence-corrected chi connectivity index (χ2v) is 4.71. The number of benzene rings is 1. The molecule has 1 fully saturated rings. The van der Waals surface area contributed by atoms with Crippen LogP contribution >= 0.6 is 0 Å². The van der Waals surface area contributed by atoms with Crippen molar-refractivity contribution in [2.45, 2.75) is 25.2 Å². The largest absolute Gasteiger partial charge is 0.416 e. The zero-order valence-electron chi connectivity index (χ0n) is 9.77. The first-order valence-corrected chi connectivity index (χ1v) is 5.49. The predicted octanol–water partition coefficient (Wildman–Crippen LogP) is 2.72. The average molecular weight is 263 g/mol. The van der Waals surface area contributed by atoms with E-state index in [9.17, 15) is 17.6 Å². The Morgan fingerprint density at radius 2 is 2.00 bits per heavy atom. The maximum atomic E-state index is 13.5. The van der Waals surface area contributed by atoms with Gasteiger partial charge in [-0.15, -0.1) is 0 Å². The van der Waals surface area contributed by atoms with E-state index in [-0.39, 0.29) is 17.6 Å². The second kappa shape index (κ2) is 4.51. The first kappa shape index (κ1) is 13.3. The van der Waals surface area contributed by atoms with Crippen LogP contribution < -0.4 is 5.32 Å². The van der Waals surface area contributed by atoms with Crippen molar-refractivity contribution in [2.75, 3.05) is 13.2 Å². The molecule has 0 radical (unpaired) electrons. The summed E-state index contributed by atoms with van der Waals surface area (Å²) in [6, 6.07) is 2.57. The highest BCUT2D eigenvalue weighted by atomic mass is 19.4. The number of halogens is 4. The first-order valence-electron chi connectivity index (χ1n) is 5.49. The van der Waals surface area contributed by atoms with Gasteiger partial charge in [-0.3, -0.25) is 0 Å². The Morgan fingerprint density at radius 1 is 1.33 bits per heavy atom. The van der Waals surface area contributed by atoms with Gasteiger partial charge >= 0.3 is 6.18 Å². The molecule has 0 aliphatic carbocycles. The minimum absolute atomic E-state index is 0.184. The SMILES string of the molecule is CC1(NCc2ccc(C(F)(F)F)cc2F)COC1. The minimum Gasteiger partial charge on any atom is -0.377 e. The third-order valence-corrected chi connectivity index (χ3v) is 2.93. The molecule has 0 spiro atoms. The summed E-state index contributed by atoms with van der Waals surface area (Å²) in [5, 5.41) is 3.06. The Hall–Kier alpha value is -1.14. The fourth-order valence-corrected chi connectivity index (χ4v) is 1.69. The highest BCUT2D eigenvalue weighted by Crippen LogP contribution is 2.30. The maximum Gasteiger partial charge on any atom is 0.416 e. The van der Waals surface area contributed by atoms with Crippen LogP contribution in [0.15, 0.2) is 18.2 Å². The van der Waals surface area contributed by atoms with Gasteiger partial charge in [0, 0.05) is 12.1 Å². The zero-order chi connectivity index (χ0) is 13.4. The number of hydrogen-bond donors (Lipinski definition) is 1. The van der Waals surface area contributed by atoms with E-state index in [4.69, 9.17) is 4.74 Å². The Balaban J connectivity index is 2.06. The van der Waals surface area contributed by atoms with Crippen molar-refractivity contribution in [2.24, 2.45) is 0 Å². The van der Waals surface area contributed by atoms with Gasteiger partial charge in [0.25, 0.3) is 0 Å². The Bertz CT molecular complexity index is 440. The lowest BCUT2D eigenvalue weighted by molar-refractivity contribution is -0.137. The van der Waals surface area contributed by atoms with Gasteiger partial charge in [-0.2, -0.15) is 13.2 Å². The fourth-order valence-electron chi connectivity index (χ4n) is 1.69. The molecule has 1 aromatic carbocycles. The normalized spacial score (nSPS) is 18.5. The molecular weight excluding hydrogens is 250 g/mol. The molecule has 6 heteroatoms. The fraction of sp³-hybridized carbons (Fsp3) is 0.500. The average Bonchev–Trinajstić information content (AvgIpc) is 2.23. The van der Waals surface area contributed by atoms with Crippen molar-refractivity contribution in [1.29, 1.82) is 0 Å². The Labute approximate surface area is 102 Å². The van der Waals surface area contributed by atoms with E-state index in [0.29, 0.717) is 19.3 Å². The summed E-state index contributed by atoms with van der Waals surface area (Å²) in [5.41, 5.74) is -0.965. The van der Waals surface area contributed by atoms with Gasteiger partial charge in [0.2, 0.25) is 0 Å². The molecule has 0 bridgehead atoms. The van der Waals surface area contributed by atoms with Crippen LogP contribution in [0.3, 0.4) is 0 Å². The van der Waals surface area contributed by atoms with Gasteiger partial charge in [0.05, 0.1) is 24.3 Å². The van der Waals surface area contributed by atoms with Crippen molar-refractivity contribution in [1.82, 2.24) is 5.32 Å². The molecule has 1 aliphatic heterocycles. The number of alkyl halides is 3. The smallest absolute Gasteiger partial charge is 0.377 e. The molecule has 1 heterocycles. The first-order chi connectivity index (χ1) is 8.30. The lowest BCUT2D eigenvalue weighted by atomic mass is 10.00. The van der Waals surface area contributed by atoms with E-state index < -0.39 is 17.6 Å². The summed E-state index contributed by atoms with van der Waals surface area (Å²) < 4.78 is 55.5. The van der Waals surface area contributed by atoms with Crippen LogP contribution in [0.2, 0.25) is 0 Å². The van der Waals surface area contributed by atoms with E-state index in [1.807, 2.05) is 6.92 Å². The molecule has 0 saturated carbocycles. The summed E-state index contributed by atoms with van der Waals surface area (Å²) in [5.74, 6) is -0.846. The third-order valence-electron chi connectivity index (χ3n) is 2.93. The number of ether oxygens (including phenoxy) is 1. The minimum atomic E-state index is -4.51. The molecule has 0 amide bonds. The van der Waals surface area contributed by atoms with E-state index >= 15 is 0 Å². The van der Waals surface area contributed by atoms with E-state index in [1.165, 1.54) is 0 Å². The van der Waals surface area contributed by atoms with Gasteiger partial charge in [0.1, 0.15) is 5.82 Å². The molecule has 2 rings (SSSR count). The van der Waals surface area contributed by atoms with Crippen molar-refractivity contribution < 1.29 is 22.3 Å². The standard InChI is InChI=1S/C12H13F4NO/c1-11(6-18-7-11)17-5-8-2-3-9(4-10(8)13)12(14,15)16/h2-4,17H,5-7H2,1H3. The van der Waals surface area contributed by atoms with Gasteiger partial charge < -0.3 is 10.1 Å². The second-order valence-electron chi connectivity index (χ2n) is 4.71. The van der Waals surface area contributed by atoms with E-state index in [0.717, 1.165) is 12.1 Å². The molecule has 0 unspecified atom stereocenters. The van der Waals surface area contributed by atoms with Crippen molar-refractivity contribution in [3.63, 3.8) is 0 Å². The molecule has 1 aromatic rings. The van der Waals surface area contributed by atoms with Crippen LogP contribution in [0.1, 0.15) is 18.1 Å². The Kier molecular flexibility index (Phi) is 3.33. The topological polar surface area (TPSA) is 21.3 Å². The van der Waals surface area contributed by atoms with Crippen molar-refractivity contribution >= 4 is 0 Å². The number of hydrogen-bond acceptors (Lipinski definition) is 2. The number of nitrogens with one attached hydrogen (secondary N) is 1. The highest BCUT2D eigenvalue weighted by molar-refractivity contribution is 5.26.